The number of nitrogens with one attached hydrogen (secondary N) is 2. The highest BCUT2D eigenvalue weighted by molar-refractivity contribution is 6.30. The largest absolute Gasteiger partial charge is 0.416 e. The van der Waals surface area contributed by atoms with Crippen LogP contribution in [0, 0.1) is 0 Å². The third-order valence-electron chi connectivity index (χ3n) is 6.60. The summed E-state index contributed by atoms with van der Waals surface area (Å²) in [6.07, 6.45) is -6.44. The van der Waals surface area contributed by atoms with Crippen molar-refractivity contribution in [1.29, 1.82) is 0 Å². The minimum Gasteiger partial charge on any atom is -0.382 e. The van der Waals surface area contributed by atoms with Crippen molar-refractivity contribution in [3.8, 4) is 17.1 Å². The Morgan fingerprint density at radius 2 is 1.86 bits per heavy atom. The van der Waals surface area contributed by atoms with E-state index in [2.05, 4.69) is 25.8 Å². The van der Waals surface area contributed by atoms with Crippen LogP contribution in [0.25, 0.3) is 17.1 Å². The lowest BCUT2D eigenvalue weighted by molar-refractivity contribution is -0.207. The van der Waals surface area contributed by atoms with Gasteiger partial charge in [0.05, 0.1) is 17.8 Å². The van der Waals surface area contributed by atoms with Gasteiger partial charge in [0.25, 0.3) is 5.91 Å². The Bertz CT molecular complexity index is 1680. The highest BCUT2D eigenvalue weighted by Crippen LogP contribution is 2.24. The van der Waals surface area contributed by atoms with Crippen LogP contribution in [0.2, 0.25) is 5.02 Å². The van der Waals surface area contributed by atoms with Gasteiger partial charge in [0.2, 0.25) is 0 Å². The van der Waals surface area contributed by atoms with Crippen molar-refractivity contribution in [2.24, 2.45) is 0 Å². The van der Waals surface area contributed by atoms with Crippen molar-refractivity contribution in [2.45, 2.75) is 25.4 Å². The fourth-order valence-electron chi connectivity index (χ4n) is 4.41. The first-order valence-electron chi connectivity index (χ1n) is 13.0. The number of hydrogen-bond donors (Lipinski definition) is 3. The van der Waals surface area contributed by atoms with Crippen LogP contribution in [0.15, 0.2) is 59.7 Å². The summed E-state index contributed by atoms with van der Waals surface area (Å²) < 4.78 is 42.3. The molecule has 1 unspecified atom stereocenters. The van der Waals surface area contributed by atoms with Crippen molar-refractivity contribution >= 4 is 23.5 Å². The minimum atomic E-state index is -4.96. The number of amides is 3. The van der Waals surface area contributed by atoms with Crippen LogP contribution in [-0.2, 0) is 13.1 Å². The molecule has 0 radical (unpaired) electrons. The van der Waals surface area contributed by atoms with Crippen molar-refractivity contribution in [3.63, 3.8) is 0 Å². The van der Waals surface area contributed by atoms with E-state index >= 15 is 0 Å². The molecule has 0 aliphatic carbocycles. The summed E-state index contributed by atoms with van der Waals surface area (Å²) in [6, 6.07) is 12.4. The number of rotatable bonds is 10. The van der Waals surface area contributed by atoms with Gasteiger partial charge in [-0.15, -0.1) is 10.2 Å². The van der Waals surface area contributed by atoms with E-state index in [1.54, 1.807) is 29.2 Å². The smallest absolute Gasteiger partial charge is 0.382 e. The van der Waals surface area contributed by atoms with Crippen LogP contribution in [0.4, 0.5) is 18.0 Å². The number of carbonyl (C=O) groups is 2. The summed E-state index contributed by atoms with van der Waals surface area (Å²) in [7, 11) is 0. The lowest BCUT2D eigenvalue weighted by Gasteiger charge is -2.15. The predicted octanol–water partition coefficient (Wildman–Crippen LogP) is 1.67. The van der Waals surface area contributed by atoms with E-state index in [4.69, 9.17) is 11.6 Å². The second kappa shape index (κ2) is 12.3. The number of hydrogen-bond acceptors (Lipinski definition) is 7. The first-order chi connectivity index (χ1) is 20.5. The Morgan fingerprint density at radius 3 is 2.56 bits per heavy atom. The summed E-state index contributed by atoms with van der Waals surface area (Å²) in [5.74, 6) is -0.433. The van der Waals surface area contributed by atoms with Crippen molar-refractivity contribution in [2.75, 3.05) is 26.2 Å². The molecule has 226 valence electrons. The molecule has 13 nitrogen and oxygen atoms in total. The van der Waals surface area contributed by atoms with Gasteiger partial charge >= 0.3 is 17.9 Å². The zero-order chi connectivity index (χ0) is 30.7. The quantitative estimate of drug-likeness (QED) is 0.244. The Balaban J connectivity index is 1.37. The molecule has 0 bridgehead atoms. The lowest BCUT2D eigenvalue weighted by Crippen LogP contribution is -2.37. The van der Waals surface area contributed by atoms with Gasteiger partial charge in [0.1, 0.15) is 12.9 Å². The van der Waals surface area contributed by atoms with Gasteiger partial charge in [-0.3, -0.25) is 9.36 Å². The molecular weight excluding hydrogens is 595 g/mol. The molecule has 17 heteroatoms. The minimum absolute atomic E-state index is 0.0843. The third-order valence-corrected chi connectivity index (χ3v) is 6.85. The van der Waals surface area contributed by atoms with Crippen LogP contribution in [0.1, 0.15) is 16.2 Å². The first kappa shape index (κ1) is 29.8. The number of nitrogens with zero attached hydrogens (tertiary/aromatic N) is 7. The van der Waals surface area contributed by atoms with E-state index in [0.29, 0.717) is 35.9 Å². The summed E-state index contributed by atoms with van der Waals surface area (Å²) in [4.78, 5) is 43.6. The molecule has 3 heterocycles. The number of urea groups is 1. The van der Waals surface area contributed by atoms with E-state index in [9.17, 15) is 32.7 Å². The predicted molar refractivity (Wildman–Crippen MR) is 147 cm³/mol. The molecule has 0 spiro atoms. The van der Waals surface area contributed by atoms with Gasteiger partial charge in [-0.2, -0.15) is 13.2 Å². The van der Waals surface area contributed by atoms with E-state index in [0.717, 1.165) is 9.25 Å². The molecule has 3 N–H and O–H groups in total. The van der Waals surface area contributed by atoms with Crippen LogP contribution in [0.5, 0.6) is 0 Å². The number of aromatic nitrogens is 6. The number of para-hydroxylation sites is 1. The van der Waals surface area contributed by atoms with Gasteiger partial charge in [0, 0.05) is 36.8 Å². The Morgan fingerprint density at radius 1 is 1.12 bits per heavy atom. The highest BCUT2D eigenvalue weighted by atomic mass is 35.5. The maximum absolute atomic E-state index is 13.1. The monoisotopic (exact) mass is 619 g/mol. The summed E-state index contributed by atoms with van der Waals surface area (Å²) in [5.41, 5.74) is 0.0394. The lowest BCUT2D eigenvalue weighted by atomic mass is 10.1. The zero-order valence-electron chi connectivity index (χ0n) is 22.3. The fraction of sp³-hybridized carbons (Fsp3) is 0.308. The highest BCUT2D eigenvalue weighted by Gasteiger charge is 2.39. The molecule has 1 aliphatic heterocycles. The molecular formula is C26H25ClF3N9O4. The van der Waals surface area contributed by atoms with Crippen LogP contribution >= 0.6 is 11.6 Å². The summed E-state index contributed by atoms with van der Waals surface area (Å²) in [5, 5.41) is 24.1. The zero-order valence-corrected chi connectivity index (χ0v) is 23.1. The van der Waals surface area contributed by atoms with Gasteiger partial charge in [-0.25, -0.2) is 23.9 Å². The van der Waals surface area contributed by atoms with Gasteiger partial charge in [-0.1, -0.05) is 23.7 Å². The number of aliphatic hydroxyl groups is 1. The second-order valence-electron chi connectivity index (χ2n) is 9.54. The van der Waals surface area contributed by atoms with E-state index in [1.807, 2.05) is 0 Å². The molecule has 43 heavy (non-hydrogen) atoms. The molecule has 2 aromatic heterocycles. The Labute approximate surface area is 246 Å². The van der Waals surface area contributed by atoms with Crippen molar-refractivity contribution in [1.82, 2.24) is 44.6 Å². The normalized spacial score (nSPS) is 14.2. The molecule has 0 saturated carbocycles. The average Bonchev–Trinajstić information content (AvgIpc) is 3.69. The topological polar surface area (TPSA) is 152 Å². The Hall–Kier alpha value is -4.70. The van der Waals surface area contributed by atoms with E-state index < -0.39 is 30.4 Å². The maximum atomic E-state index is 13.1. The Kier molecular flexibility index (Phi) is 8.50. The average molecular weight is 620 g/mol. The third kappa shape index (κ3) is 6.70. The van der Waals surface area contributed by atoms with Crippen LogP contribution in [-0.4, -0.2) is 89.5 Å². The van der Waals surface area contributed by atoms with E-state index in [1.165, 1.54) is 35.3 Å². The van der Waals surface area contributed by atoms with Crippen LogP contribution in [0.3, 0.4) is 0 Å². The molecule has 1 aliphatic rings. The SMILES string of the molecule is O=C(NCCN1CCNC1=O)c1ccccc1-n1cnc(Cn2nc(-c3ccc(Cl)cc3)n(CC(O)C(F)(F)F)c2=O)n1. The number of alkyl halides is 3. The summed E-state index contributed by atoms with van der Waals surface area (Å²) in [6.45, 7) is 0.286. The van der Waals surface area contributed by atoms with Crippen molar-refractivity contribution in [3.05, 3.63) is 81.8 Å². The molecule has 1 atom stereocenters. The molecule has 2 aromatic carbocycles. The summed E-state index contributed by atoms with van der Waals surface area (Å²) >= 11 is 5.92. The van der Waals surface area contributed by atoms with Crippen LogP contribution < -0.4 is 16.3 Å². The van der Waals surface area contributed by atoms with Gasteiger partial charge in [-0.05, 0) is 36.4 Å². The maximum Gasteiger partial charge on any atom is 0.416 e. The number of aliphatic hydroxyl groups excluding tert-OH is 1. The van der Waals surface area contributed by atoms with Crippen molar-refractivity contribution < 1.29 is 27.9 Å². The fourth-order valence-corrected chi connectivity index (χ4v) is 4.53. The molecule has 5 rings (SSSR count). The number of benzene rings is 2. The molecule has 4 aromatic rings. The molecule has 1 fully saturated rings. The number of carbonyl (C=O) groups excluding carboxylic acids is 2. The standard InChI is InChI=1S/C26H25ClF3N9O4/c27-17-7-5-16(6-8-17)22-35-38(25(43)37(22)13-20(40)26(28,29)30)14-21-33-15-39(34-21)19-4-2-1-3-18(19)23(41)31-9-11-36-12-10-32-24(36)42/h1-8,15,20,40H,9-14H2,(H,31,41)(H,32,42). The molecule has 3 amide bonds. The molecule has 1 saturated heterocycles. The second-order valence-corrected chi connectivity index (χ2v) is 9.97. The van der Waals surface area contributed by atoms with Gasteiger partial charge in [0.15, 0.2) is 17.8 Å². The number of halogens is 4. The van der Waals surface area contributed by atoms with Gasteiger partial charge < -0.3 is 20.6 Å². The van der Waals surface area contributed by atoms with E-state index in [-0.39, 0.29) is 36.3 Å². The first-order valence-corrected chi connectivity index (χ1v) is 13.4.